The van der Waals surface area contributed by atoms with Crippen LogP contribution in [0.2, 0.25) is 0 Å². The SMILES string of the molecule is N#CC1CC(F)(F)CN1C(=O)CBr. The van der Waals surface area contributed by atoms with Crippen molar-refractivity contribution in [2.24, 2.45) is 0 Å². The molecule has 1 unspecified atom stereocenters. The van der Waals surface area contributed by atoms with Gasteiger partial charge in [0.2, 0.25) is 5.91 Å². The van der Waals surface area contributed by atoms with Crippen LogP contribution in [-0.4, -0.2) is 34.6 Å². The Morgan fingerprint density at radius 3 is 2.85 bits per heavy atom. The highest BCUT2D eigenvalue weighted by atomic mass is 79.9. The molecule has 13 heavy (non-hydrogen) atoms. The highest BCUT2D eigenvalue weighted by Gasteiger charge is 2.46. The molecule has 1 aliphatic heterocycles. The molecule has 1 fully saturated rings. The van der Waals surface area contributed by atoms with Crippen LogP contribution >= 0.6 is 15.9 Å². The molecule has 0 aliphatic carbocycles. The van der Waals surface area contributed by atoms with Gasteiger partial charge in [-0.05, 0) is 0 Å². The molecule has 3 nitrogen and oxygen atoms in total. The summed E-state index contributed by atoms with van der Waals surface area (Å²) < 4.78 is 25.5. The maximum atomic E-state index is 12.8. The molecule has 1 heterocycles. The first kappa shape index (κ1) is 10.4. The molecule has 1 atom stereocenters. The monoisotopic (exact) mass is 252 g/mol. The summed E-state index contributed by atoms with van der Waals surface area (Å²) >= 11 is 2.87. The van der Waals surface area contributed by atoms with Gasteiger partial charge in [0.1, 0.15) is 6.04 Å². The maximum absolute atomic E-state index is 12.8. The summed E-state index contributed by atoms with van der Waals surface area (Å²) in [5.74, 6) is -3.39. The van der Waals surface area contributed by atoms with Crippen molar-refractivity contribution < 1.29 is 13.6 Å². The summed E-state index contributed by atoms with van der Waals surface area (Å²) in [7, 11) is 0. The second kappa shape index (κ2) is 3.58. The van der Waals surface area contributed by atoms with Gasteiger partial charge >= 0.3 is 0 Å². The number of nitrogens with zero attached hydrogens (tertiary/aromatic N) is 2. The lowest BCUT2D eigenvalue weighted by Crippen LogP contribution is -2.36. The molecule has 6 heteroatoms. The smallest absolute Gasteiger partial charge is 0.268 e. The van der Waals surface area contributed by atoms with Crippen molar-refractivity contribution in [3.63, 3.8) is 0 Å². The first-order valence-corrected chi connectivity index (χ1v) is 4.75. The zero-order chi connectivity index (χ0) is 10.1. The van der Waals surface area contributed by atoms with E-state index in [0.29, 0.717) is 0 Å². The Morgan fingerprint density at radius 1 is 1.77 bits per heavy atom. The fourth-order valence-electron chi connectivity index (χ4n) is 1.27. The van der Waals surface area contributed by atoms with Gasteiger partial charge in [-0.15, -0.1) is 0 Å². The molecule has 1 saturated heterocycles. The van der Waals surface area contributed by atoms with E-state index < -0.39 is 30.8 Å². The fraction of sp³-hybridized carbons (Fsp3) is 0.714. The molecule has 0 aromatic carbocycles. The zero-order valence-corrected chi connectivity index (χ0v) is 8.22. The Balaban J connectivity index is 2.76. The standard InChI is InChI=1S/C7H7BrF2N2O/c8-2-6(13)12-4-7(9,10)1-5(12)3-11/h5H,1-2,4H2. The molecule has 0 N–H and O–H groups in total. The van der Waals surface area contributed by atoms with E-state index in [0.717, 1.165) is 4.90 Å². The molecule has 0 aromatic rings. The Hall–Kier alpha value is -0.700. The van der Waals surface area contributed by atoms with E-state index in [9.17, 15) is 13.6 Å². The van der Waals surface area contributed by atoms with Gasteiger partial charge in [0.25, 0.3) is 5.92 Å². The summed E-state index contributed by atoms with van der Waals surface area (Å²) in [5, 5.41) is 8.49. The van der Waals surface area contributed by atoms with E-state index in [4.69, 9.17) is 5.26 Å². The van der Waals surface area contributed by atoms with E-state index in [1.54, 1.807) is 6.07 Å². The molecular formula is C7H7BrF2N2O. The maximum Gasteiger partial charge on any atom is 0.268 e. The van der Waals surface area contributed by atoms with Gasteiger partial charge in [-0.1, -0.05) is 15.9 Å². The predicted molar refractivity (Wildman–Crippen MR) is 44.5 cm³/mol. The number of nitriles is 1. The van der Waals surface area contributed by atoms with Crippen LogP contribution in [0.5, 0.6) is 0 Å². The van der Waals surface area contributed by atoms with Crippen molar-refractivity contribution in [2.75, 3.05) is 11.9 Å². The van der Waals surface area contributed by atoms with Gasteiger partial charge in [0.15, 0.2) is 0 Å². The molecule has 1 amide bonds. The quantitative estimate of drug-likeness (QED) is 0.658. The van der Waals surface area contributed by atoms with Crippen molar-refractivity contribution in [1.29, 1.82) is 5.26 Å². The van der Waals surface area contributed by atoms with Crippen LogP contribution in [0.15, 0.2) is 0 Å². The van der Waals surface area contributed by atoms with Gasteiger partial charge in [-0.2, -0.15) is 5.26 Å². The molecule has 1 aliphatic rings. The number of hydrogen-bond acceptors (Lipinski definition) is 2. The van der Waals surface area contributed by atoms with Gasteiger partial charge < -0.3 is 4.90 Å². The third kappa shape index (κ3) is 2.15. The number of halogens is 3. The van der Waals surface area contributed by atoms with Crippen molar-refractivity contribution in [3.05, 3.63) is 0 Å². The number of amides is 1. The second-order valence-electron chi connectivity index (χ2n) is 2.86. The van der Waals surface area contributed by atoms with Crippen molar-refractivity contribution in [2.45, 2.75) is 18.4 Å². The average Bonchev–Trinajstić information content (AvgIpc) is 2.39. The minimum absolute atomic E-state index is 0.0265. The number of rotatable bonds is 1. The number of likely N-dealkylation sites (tertiary alicyclic amines) is 1. The summed E-state index contributed by atoms with van der Waals surface area (Å²) in [6.45, 7) is -0.643. The zero-order valence-electron chi connectivity index (χ0n) is 6.64. The van der Waals surface area contributed by atoms with Crippen LogP contribution in [-0.2, 0) is 4.79 Å². The Morgan fingerprint density at radius 2 is 2.38 bits per heavy atom. The third-order valence-corrected chi connectivity index (χ3v) is 2.33. The van der Waals surface area contributed by atoms with E-state index in [-0.39, 0.29) is 5.33 Å². The average molecular weight is 253 g/mol. The predicted octanol–water partition coefficient (Wildman–Crippen LogP) is 1.14. The summed E-state index contributed by atoms with van der Waals surface area (Å²) in [4.78, 5) is 12.0. The fourth-order valence-corrected chi connectivity index (χ4v) is 1.59. The molecule has 0 bridgehead atoms. The highest BCUT2D eigenvalue weighted by Crippen LogP contribution is 2.31. The lowest BCUT2D eigenvalue weighted by Gasteiger charge is -2.17. The number of carbonyl (C=O) groups excluding carboxylic acids is 1. The van der Waals surface area contributed by atoms with Crippen LogP contribution in [0.1, 0.15) is 6.42 Å². The molecule has 0 saturated carbocycles. The van der Waals surface area contributed by atoms with Gasteiger partial charge in [-0.25, -0.2) is 8.78 Å². The minimum atomic E-state index is -2.92. The normalized spacial score (nSPS) is 25.7. The van der Waals surface area contributed by atoms with Crippen LogP contribution in [0.3, 0.4) is 0 Å². The van der Waals surface area contributed by atoms with Crippen LogP contribution in [0.4, 0.5) is 8.78 Å². The molecule has 0 spiro atoms. The Bertz CT molecular complexity index is 264. The molecule has 1 rings (SSSR count). The van der Waals surface area contributed by atoms with E-state index in [1.165, 1.54) is 0 Å². The molecule has 0 radical (unpaired) electrons. The van der Waals surface area contributed by atoms with Gasteiger partial charge in [-0.3, -0.25) is 4.79 Å². The first-order chi connectivity index (χ1) is 6.00. The van der Waals surface area contributed by atoms with Crippen LogP contribution in [0.25, 0.3) is 0 Å². The Kier molecular flexibility index (Phi) is 2.86. The van der Waals surface area contributed by atoms with E-state index in [2.05, 4.69) is 15.9 Å². The summed E-state index contributed by atoms with van der Waals surface area (Å²) in [6, 6.07) is 0.703. The molecule has 72 valence electrons. The number of hydrogen-bond donors (Lipinski definition) is 0. The summed E-state index contributed by atoms with van der Waals surface area (Å²) in [5.41, 5.74) is 0. The van der Waals surface area contributed by atoms with Crippen molar-refractivity contribution in [3.8, 4) is 6.07 Å². The Labute approximate surface area is 82.4 Å². The lowest BCUT2D eigenvalue weighted by atomic mass is 10.2. The van der Waals surface area contributed by atoms with Crippen LogP contribution in [0, 0.1) is 11.3 Å². The summed E-state index contributed by atoms with van der Waals surface area (Å²) in [6.07, 6.45) is -0.553. The highest BCUT2D eigenvalue weighted by molar-refractivity contribution is 9.09. The lowest BCUT2D eigenvalue weighted by molar-refractivity contribution is -0.129. The molecule has 0 aromatic heterocycles. The second-order valence-corrected chi connectivity index (χ2v) is 3.42. The van der Waals surface area contributed by atoms with Gasteiger partial charge in [0, 0.05) is 6.42 Å². The minimum Gasteiger partial charge on any atom is -0.320 e. The first-order valence-electron chi connectivity index (χ1n) is 3.63. The van der Waals surface area contributed by atoms with Crippen molar-refractivity contribution >= 4 is 21.8 Å². The van der Waals surface area contributed by atoms with E-state index in [1.807, 2.05) is 0 Å². The third-order valence-electron chi connectivity index (χ3n) is 1.85. The van der Waals surface area contributed by atoms with Crippen LogP contribution < -0.4 is 0 Å². The van der Waals surface area contributed by atoms with E-state index >= 15 is 0 Å². The largest absolute Gasteiger partial charge is 0.320 e. The van der Waals surface area contributed by atoms with Gasteiger partial charge in [0.05, 0.1) is 17.9 Å². The molecular weight excluding hydrogens is 246 g/mol. The number of carbonyl (C=O) groups is 1. The van der Waals surface area contributed by atoms with Crippen molar-refractivity contribution in [1.82, 2.24) is 4.90 Å². The number of alkyl halides is 3. The topological polar surface area (TPSA) is 44.1 Å².